The fraction of sp³-hybridized carbons (Fsp3) is 0.136. The molecule has 0 saturated carbocycles. The molecule has 0 aliphatic carbocycles. The molecular formula is C22H23NOSn. The van der Waals surface area contributed by atoms with Crippen LogP contribution in [0.3, 0.4) is 0 Å². The van der Waals surface area contributed by atoms with E-state index in [0.717, 1.165) is 22.3 Å². The summed E-state index contributed by atoms with van der Waals surface area (Å²) in [5.74, 6) is 0.108. The molecular weight excluding hydrogens is 413 g/mol. The van der Waals surface area contributed by atoms with Crippen LogP contribution in [0.15, 0.2) is 66.9 Å². The molecule has 25 heavy (non-hydrogen) atoms. The second kappa shape index (κ2) is 7.44. The summed E-state index contributed by atoms with van der Waals surface area (Å²) in [5.41, 5.74) is 3.69. The van der Waals surface area contributed by atoms with E-state index in [9.17, 15) is 4.79 Å². The quantitative estimate of drug-likeness (QED) is 0.445. The van der Waals surface area contributed by atoms with Gasteiger partial charge in [0.25, 0.3) is 0 Å². The summed E-state index contributed by atoms with van der Waals surface area (Å²) in [6.45, 7) is 0. The van der Waals surface area contributed by atoms with Crippen molar-refractivity contribution in [2.75, 3.05) is 0 Å². The number of carbonyl (C=O) groups is 1. The molecule has 2 aromatic carbocycles. The van der Waals surface area contributed by atoms with Gasteiger partial charge in [0.1, 0.15) is 0 Å². The standard InChI is InChI=1S/C19H14NO.3CH3.Sn/c21-19(16-9-5-2-6-10-16)18-14-20-13-17(18)12-11-15-7-3-1-4-8-15;;;;/h1-13,20H;3*1H3;/b12-11+;;;;. The van der Waals surface area contributed by atoms with Crippen LogP contribution in [-0.2, 0) is 0 Å². The number of hydrogen-bond donors (Lipinski definition) is 1. The Morgan fingerprint density at radius 1 is 0.880 bits per heavy atom. The summed E-state index contributed by atoms with van der Waals surface area (Å²) in [6.07, 6.45) is 6.09. The molecule has 0 spiro atoms. The van der Waals surface area contributed by atoms with E-state index in [2.05, 4.69) is 38.0 Å². The van der Waals surface area contributed by atoms with Crippen molar-refractivity contribution in [3.8, 4) is 0 Å². The number of hydrogen-bond acceptors (Lipinski definition) is 1. The van der Waals surface area contributed by atoms with Crippen molar-refractivity contribution >= 4 is 40.0 Å². The number of rotatable bonds is 5. The minimum absolute atomic E-state index is 0.108. The predicted molar refractivity (Wildman–Crippen MR) is 109 cm³/mol. The number of benzene rings is 2. The van der Waals surface area contributed by atoms with Crippen LogP contribution >= 0.6 is 0 Å². The number of carbonyl (C=O) groups excluding carboxylic acids is 1. The Hall–Kier alpha value is -2.07. The molecule has 0 atom stereocenters. The van der Waals surface area contributed by atoms with E-state index in [1.807, 2.05) is 60.8 Å². The normalized spacial score (nSPS) is 11.8. The van der Waals surface area contributed by atoms with Crippen LogP contribution < -0.4 is 3.71 Å². The van der Waals surface area contributed by atoms with Gasteiger partial charge in [-0.1, -0.05) is 0 Å². The van der Waals surface area contributed by atoms with Gasteiger partial charge in [0.2, 0.25) is 0 Å². The van der Waals surface area contributed by atoms with E-state index in [1.165, 1.54) is 3.71 Å². The van der Waals surface area contributed by atoms with Crippen molar-refractivity contribution in [2.45, 2.75) is 14.8 Å². The zero-order valence-corrected chi connectivity index (χ0v) is 17.8. The minimum atomic E-state index is -2.46. The molecule has 126 valence electrons. The first-order valence-electron chi connectivity index (χ1n) is 8.51. The van der Waals surface area contributed by atoms with Crippen molar-refractivity contribution in [2.24, 2.45) is 0 Å². The first-order chi connectivity index (χ1) is 12.0. The predicted octanol–water partition coefficient (Wildman–Crippen LogP) is 4.96. The number of nitrogens with one attached hydrogen (secondary N) is 1. The van der Waals surface area contributed by atoms with Gasteiger partial charge >= 0.3 is 154 Å². The summed E-state index contributed by atoms with van der Waals surface area (Å²) in [5, 5.41) is 0. The molecule has 0 fully saturated rings. The Labute approximate surface area is 153 Å². The van der Waals surface area contributed by atoms with Gasteiger partial charge in [0, 0.05) is 0 Å². The monoisotopic (exact) mass is 437 g/mol. The van der Waals surface area contributed by atoms with Crippen LogP contribution in [0.25, 0.3) is 12.2 Å². The van der Waals surface area contributed by atoms with E-state index in [-0.39, 0.29) is 5.78 Å². The van der Waals surface area contributed by atoms with Crippen LogP contribution in [0.1, 0.15) is 27.0 Å². The van der Waals surface area contributed by atoms with Crippen molar-refractivity contribution in [3.63, 3.8) is 0 Å². The van der Waals surface area contributed by atoms with Gasteiger partial charge < -0.3 is 0 Å². The van der Waals surface area contributed by atoms with Crippen molar-refractivity contribution < 1.29 is 4.79 Å². The van der Waals surface area contributed by atoms with Crippen LogP contribution in [-0.4, -0.2) is 29.1 Å². The summed E-state index contributed by atoms with van der Waals surface area (Å²) in [7, 11) is 0. The summed E-state index contributed by atoms with van der Waals surface area (Å²) < 4.78 is 1.18. The molecule has 1 aromatic heterocycles. The van der Waals surface area contributed by atoms with Crippen molar-refractivity contribution in [1.82, 2.24) is 4.98 Å². The van der Waals surface area contributed by atoms with Gasteiger partial charge in [-0.25, -0.2) is 0 Å². The van der Waals surface area contributed by atoms with E-state index < -0.39 is 18.4 Å². The van der Waals surface area contributed by atoms with Gasteiger partial charge in [-0.3, -0.25) is 0 Å². The van der Waals surface area contributed by atoms with Crippen LogP contribution in [0.5, 0.6) is 0 Å². The van der Waals surface area contributed by atoms with Gasteiger partial charge in [0.15, 0.2) is 0 Å². The Balaban J connectivity index is 2.06. The molecule has 0 radical (unpaired) electrons. The average Bonchev–Trinajstić information content (AvgIpc) is 3.05. The summed E-state index contributed by atoms with van der Waals surface area (Å²) in [4.78, 5) is 23.6. The Morgan fingerprint density at radius 2 is 1.48 bits per heavy atom. The number of aromatic amines is 1. The molecule has 0 unspecified atom stereocenters. The Bertz CT molecular complexity index is 887. The maximum atomic E-state index is 13.2. The third kappa shape index (κ3) is 4.13. The topological polar surface area (TPSA) is 32.9 Å². The Kier molecular flexibility index (Phi) is 5.28. The maximum absolute atomic E-state index is 13.2. The number of aromatic nitrogens is 1. The number of ketones is 1. The molecule has 3 heteroatoms. The molecule has 2 nitrogen and oxygen atoms in total. The second-order valence-electron chi connectivity index (χ2n) is 7.18. The molecule has 3 rings (SSSR count). The van der Waals surface area contributed by atoms with E-state index in [4.69, 9.17) is 0 Å². The van der Waals surface area contributed by atoms with E-state index >= 15 is 0 Å². The molecule has 0 saturated heterocycles. The van der Waals surface area contributed by atoms with Gasteiger partial charge in [-0.05, 0) is 0 Å². The average molecular weight is 436 g/mol. The van der Waals surface area contributed by atoms with Crippen LogP contribution in [0.4, 0.5) is 0 Å². The molecule has 3 aromatic rings. The first-order valence-corrected chi connectivity index (χ1v) is 18.5. The van der Waals surface area contributed by atoms with Gasteiger partial charge in [-0.15, -0.1) is 0 Å². The van der Waals surface area contributed by atoms with Crippen LogP contribution in [0.2, 0.25) is 14.8 Å². The Morgan fingerprint density at radius 3 is 2.08 bits per heavy atom. The first kappa shape index (κ1) is 17.7. The zero-order chi connectivity index (χ0) is 17.9. The second-order valence-corrected chi connectivity index (χ2v) is 21.5. The fourth-order valence-corrected chi connectivity index (χ4v) is 7.21. The third-order valence-electron chi connectivity index (χ3n) is 4.18. The fourth-order valence-electron chi connectivity index (χ4n) is 2.89. The molecule has 1 N–H and O–H groups in total. The summed E-state index contributed by atoms with van der Waals surface area (Å²) >= 11 is -2.46. The number of H-pyrrole nitrogens is 1. The van der Waals surface area contributed by atoms with Gasteiger partial charge in [-0.2, -0.15) is 0 Å². The summed E-state index contributed by atoms with van der Waals surface area (Å²) in [6, 6.07) is 19.7. The molecule has 0 aliphatic heterocycles. The molecule has 0 bridgehead atoms. The third-order valence-corrected chi connectivity index (χ3v) is 9.59. The van der Waals surface area contributed by atoms with E-state index in [1.54, 1.807) is 0 Å². The SMILES string of the molecule is [CH3][Sn]([CH3])([CH3])[c]1[nH]cc(/C=C/c2ccccc2)c1C(=O)c1ccccc1. The molecule has 0 amide bonds. The van der Waals surface area contributed by atoms with Crippen molar-refractivity contribution in [1.29, 1.82) is 0 Å². The molecule has 0 aliphatic rings. The molecule has 1 heterocycles. The van der Waals surface area contributed by atoms with Crippen LogP contribution in [0, 0.1) is 0 Å². The van der Waals surface area contributed by atoms with Gasteiger partial charge in [0.05, 0.1) is 0 Å². The van der Waals surface area contributed by atoms with E-state index in [0.29, 0.717) is 0 Å². The van der Waals surface area contributed by atoms with Crippen molar-refractivity contribution in [3.05, 3.63) is 89.1 Å². The zero-order valence-electron chi connectivity index (χ0n) is 14.9.